The molecule has 27 heavy (non-hydrogen) atoms. The molecule has 0 atom stereocenters. The number of carbonyl (C=O) groups is 2. The predicted octanol–water partition coefficient (Wildman–Crippen LogP) is 3.88. The maximum absolute atomic E-state index is 12.5. The lowest BCUT2D eigenvalue weighted by molar-refractivity contribution is 0.0949. The molecule has 5 heteroatoms. The number of aromatic nitrogens is 1. The van der Waals surface area contributed by atoms with E-state index in [1.54, 1.807) is 30.5 Å². The fraction of sp³-hybridized carbons (Fsp3) is 0.136. The molecule has 2 aromatic carbocycles. The Balaban J connectivity index is 1.67. The van der Waals surface area contributed by atoms with Gasteiger partial charge in [0, 0.05) is 23.0 Å². The summed E-state index contributed by atoms with van der Waals surface area (Å²) >= 11 is 0. The molecular formula is C22H21N3O2. The number of rotatable bonds is 5. The summed E-state index contributed by atoms with van der Waals surface area (Å²) in [5.41, 5.74) is 4.49. The number of amides is 2. The van der Waals surface area contributed by atoms with Gasteiger partial charge in [-0.25, -0.2) is 0 Å². The molecule has 0 unspecified atom stereocenters. The monoisotopic (exact) mass is 359 g/mol. The quantitative estimate of drug-likeness (QED) is 0.726. The van der Waals surface area contributed by atoms with Gasteiger partial charge in [-0.2, -0.15) is 0 Å². The highest BCUT2D eigenvalue weighted by atomic mass is 16.2. The van der Waals surface area contributed by atoms with E-state index in [9.17, 15) is 9.59 Å². The summed E-state index contributed by atoms with van der Waals surface area (Å²) in [5, 5.41) is 5.68. The normalized spacial score (nSPS) is 10.3. The number of pyridine rings is 1. The van der Waals surface area contributed by atoms with Crippen LogP contribution in [-0.2, 0) is 6.54 Å². The summed E-state index contributed by atoms with van der Waals surface area (Å²) in [7, 11) is 0. The van der Waals surface area contributed by atoms with Crippen LogP contribution in [0.5, 0.6) is 0 Å². The van der Waals surface area contributed by atoms with E-state index in [-0.39, 0.29) is 11.8 Å². The molecule has 0 fully saturated rings. The largest absolute Gasteiger partial charge is 0.346 e. The van der Waals surface area contributed by atoms with Gasteiger partial charge in [-0.05, 0) is 56.3 Å². The van der Waals surface area contributed by atoms with Crippen LogP contribution in [0, 0.1) is 13.8 Å². The van der Waals surface area contributed by atoms with Crippen LogP contribution in [0.1, 0.15) is 37.5 Å². The zero-order chi connectivity index (χ0) is 19.2. The van der Waals surface area contributed by atoms with Crippen molar-refractivity contribution >= 4 is 17.5 Å². The van der Waals surface area contributed by atoms with Crippen molar-refractivity contribution in [2.75, 3.05) is 5.32 Å². The first-order valence-electron chi connectivity index (χ1n) is 8.69. The third-order valence-electron chi connectivity index (χ3n) is 4.02. The molecule has 0 aliphatic rings. The minimum absolute atomic E-state index is 0.201. The third kappa shape index (κ3) is 5.01. The van der Waals surface area contributed by atoms with Crippen molar-refractivity contribution in [1.82, 2.24) is 10.3 Å². The highest BCUT2D eigenvalue weighted by molar-refractivity contribution is 6.05. The van der Waals surface area contributed by atoms with Crippen molar-refractivity contribution in [2.45, 2.75) is 20.4 Å². The van der Waals surface area contributed by atoms with Gasteiger partial charge < -0.3 is 10.6 Å². The number of hydrogen-bond donors (Lipinski definition) is 2. The maximum atomic E-state index is 12.5. The van der Waals surface area contributed by atoms with E-state index in [2.05, 4.69) is 15.6 Å². The van der Waals surface area contributed by atoms with Crippen LogP contribution in [0.3, 0.4) is 0 Å². The molecule has 5 nitrogen and oxygen atoms in total. The molecule has 0 bridgehead atoms. The average Bonchev–Trinajstić information content (AvgIpc) is 2.66. The summed E-state index contributed by atoms with van der Waals surface area (Å²) in [5.74, 6) is -0.420. The Kier molecular flexibility index (Phi) is 5.61. The van der Waals surface area contributed by atoms with Crippen LogP contribution in [0.2, 0.25) is 0 Å². The van der Waals surface area contributed by atoms with E-state index < -0.39 is 0 Å². The predicted molar refractivity (Wildman–Crippen MR) is 106 cm³/mol. The molecule has 136 valence electrons. The smallest absolute Gasteiger partial charge is 0.255 e. The van der Waals surface area contributed by atoms with Gasteiger partial charge in [0.2, 0.25) is 0 Å². The Labute approximate surface area is 158 Å². The van der Waals surface area contributed by atoms with Crippen molar-refractivity contribution < 1.29 is 9.59 Å². The lowest BCUT2D eigenvalue weighted by Gasteiger charge is -2.09. The second kappa shape index (κ2) is 8.27. The molecule has 0 aliphatic heterocycles. The summed E-state index contributed by atoms with van der Waals surface area (Å²) < 4.78 is 0. The topological polar surface area (TPSA) is 71.1 Å². The van der Waals surface area contributed by atoms with E-state index in [4.69, 9.17) is 0 Å². The van der Waals surface area contributed by atoms with E-state index in [1.165, 1.54) is 0 Å². The van der Waals surface area contributed by atoms with Crippen molar-refractivity contribution in [3.63, 3.8) is 0 Å². The Morgan fingerprint density at radius 1 is 0.852 bits per heavy atom. The lowest BCUT2D eigenvalue weighted by Crippen LogP contribution is -2.23. The van der Waals surface area contributed by atoms with Crippen LogP contribution in [0.4, 0.5) is 5.69 Å². The van der Waals surface area contributed by atoms with Crippen molar-refractivity contribution in [1.29, 1.82) is 0 Å². The number of aryl methyl sites for hydroxylation is 2. The second-order valence-electron chi connectivity index (χ2n) is 6.42. The maximum Gasteiger partial charge on any atom is 0.255 e. The van der Waals surface area contributed by atoms with E-state index >= 15 is 0 Å². The SMILES string of the molecule is Cc1cc(C)cc(C(=O)Nc2cccc(C(=O)NCc3ccccn3)c2)c1. The van der Waals surface area contributed by atoms with Crippen LogP contribution < -0.4 is 10.6 Å². The average molecular weight is 359 g/mol. The molecule has 1 aromatic heterocycles. The van der Waals surface area contributed by atoms with E-state index in [0.29, 0.717) is 23.4 Å². The molecular weight excluding hydrogens is 338 g/mol. The van der Waals surface area contributed by atoms with E-state index in [0.717, 1.165) is 16.8 Å². The molecule has 3 rings (SSSR count). The summed E-state index contributed by atoms with van der Waals surface area (Å²) in [6.07, 6.45) is 1.69. The fourth-order valence-electron chi connectivity index (χ4n) is 2.82. The molecule has 2 amide bonds. The highest BCUT2D eigenvalue weighted by Crippen LogP contribution is 2.14. The van der Waals surface area contributed by atoms with Crippen molar-refractivity contribution in [3.8, 4) is 0 Å². The summed E-state index contributed by atoms with van der Waals surface area (Å²) in [6, 6.07) is 18.1. The van der Waals surface area contributed by atoms with Crippen LogP contribution in [0.25, 0.3) is 0 Å². The number of hydrogen-bond acceptors (Lipinski definition) is 3. The number of nitrogens with zero attached hydrogens (tertiary/aromatic N) is 1. The van der Waals surface area contributed by atoms with Gasteiger partial charge in [0.15, 0.2) is 0 Å². The van der Waals surface area contributed by atoms with Gasteiger partial charge in [-0.15, -0.1) is 0 Å². The fourth-order valence-corrected chi connectivity index (χ4v) is 2.82. The zero-order valence-electron chi connectivity index (χ0n) is 15.3. The standard InChI is InChI=1S/C22H21N3O2/c1-15-10-16(2)12-18(11-15)22(27)25-19-8-5-6-17(13-19)21(26)24-14-20-7-3-4-9-23-20/h3-13H,14H2,1-2H3,(H,24,26)(H,25,27). The van der Waals surface area contributed by atoms with Crippen LogP contribution in [0.15, 0.2) is 66.9 Å². The molecule has 2 N–H and O–H groups in total. The van der Waals surface area contributed by atoms with E-state index in [1.807, 2.05) is 50.2 Å². The first kappa shape index (κ1) is 18.3. The summed E-state index contributed by atoms with van der Waals surface area (Å²) in [6.45, 7) is 4.26. The molecule has 0 aliphatic carbocycles. The molecule has 0 spiro atoms. The van der Waals surface area contributed by atoms with Gasteiger partial charge in [0.25, 0.3) is 11.8 Å². The van der Waals surface area contributed by atoms with Gasteiger partial charge in [0.1, 0.15) is 0 Å². The molecule has 3 aromatic rings. The van der Waals surface area contributed by atoms with Gasteiger partial charge in [-0.3, -0.25) is 14.6 Å². The van der Waals surface area contributed by atoms with Crippen molar-refractivity contribution in [2.24, 2.45) is 0 Å². The summed E-state index contributed by atoms with van der Waals surface area (Å²) in [4.78, 5) is 29.0. The Hall–Kier alpha value is -3.47. The lowest BCUT2D eigenvalue weighted by atomic mass is 10.1. The number of benzene rings is 2. The van der Waals surface area contributed by atoms with Gasteiger partial charge >= 0.3 is 0 Å². The molecule has 0 radical (unpaired) electrons. The molecule has 0 saturated heterocycles. The molecule has 0 saturated carbocycles. The first-order valence-corrected chi connectivity index (χ1v) is 8.69. The zero-order valence-corrected chi connectivity index (χ0v) is 15.3. The second-order valence-corrected chi connectivity index (χ2v) is 6.42. The first-order chi connectivity index (χ1) is 13.0. The van der Waals surface area contributed by atoms with Crippen molar-refractivity contribution in [3.05, 3.63) is 94.8 Å². The Morgan fingerprint density at radius 2 is 1.63 bits per heavy atom. The Morgan fingerprint density at radius 3 is 2.33 bits per heavy atom. The van der Waals surface area contributed by atoms with Gasteiger partial charge in [0.05, 0.1) is 12.2 Å². The minimum atomic E-state index is -0.219. The van der Waals surface area contributed by atoms with Crippen LogP contribution >= 0.6 is 0 Å². The third-order valence-corrected chi connectivity index (χ3v) is 4.02. The van der Waals surface area contributed by atoms with Crippen LogP contribution in [-0.4, -0.2) is 16.8 Å². The molecule has 1 heterocycles. The number of anilines is 1. The minimum Gasteiger partial charge on any atom is -0.346 e. The number of nitrogens with one attached hydrogen (secondary N) is 2. The Bertz CT molecular complexity index is 948. The highest BCUT2D eigenvalue weighted by Gasteiger charge is 2.10. The number of carbonyl (C=O) groups excluding carboxylic acids is 2. The van der Waals surface area contributed by atoms with Gasteiger partial charge in [-0.1, -0.05) is 29.3 Å².